The number of ether oxygens (including phenoxy) is 1. The Balaban J connectivity index is 2.11. The third kappa shape index (κ3) is 15.0. The molecule has 0 aromatic carbocycles. The number of unbranched alkanes of at least 4 members (excludes halogenated alkanes) is 10. The predicted molar refractivity (Wildman–Crippen MR) is 140 cm³/mol. The van der Waals surface area contributed by atoms with E-state index in [1.807, 2.05) is 0 Å². The van der Waals surface area contributed by atoms with Crippen molar-refractivity contribution in [1.82, 2.24) is 0 Å². The number of carbonyl (C=O) groups is 1. The normalized spacial score (nSPS) is 27.9. The summed E-state index contributed by atoms with van der Waals surface area (Å²) in [6, 6.07) is 0. The lowest BCUT2D eigenvalue weighted by Gasteiger charge is -2.43. The van der Waals surface area contributed by atoms with Crippen LogP contribution in [0.4, 0.5) is 0 Å². The van der Waals surface area contributed by atoms with Gasteiger partial charge in [0.1, 0.15) is 49.3 Å². The Bertz CT molecular complexity index is 720. The first-order valence-electron chi connectivity index (χ1n) is 14.0. The third-order valence-electron chi connectivity index (χ3n) is 6.58. The number of aliphatic hydroxyl groups excluding tert-OH is 6. The number of phosphoric acid groups is 1. The summed E-state index contributed by atoms with van der Waals surface area (Å²) in [6.07, 6.45) is 4.57. The fourth-order valence-electron chi connectivity index (χ4n) is 4.15. The van der Waals surface area contributed by atoms with Crippen molar-refractivity contribution in [2.24, 2.45) is 0 Å². The number of allylic oxidation sites excluding steroid dienone is 2. The maximum atomic E-state index is 12.0. The molecule has 0 aromatic heterocycles. The van der Waals surface area contributed by atoms with Crippen LogP contribution in [0.2, 0.25) is 0 Å². The minimum absolute atomic E-state index is 0.172. The Morgan fingerprint density at radius 1 is 0.795 bits per heavy atom. The Morgan fingerprint density at radius 3 is 1.85 bits per heavy atom. The smallest absolute Gasteiger partial charge is 0.305 e. The summed E-state index contributed by atoms with van der Waals surface area (Å²) < 4.78 is 25.9. The van der Waals surface area contributed by atoms with E-state index in [2.05, 4.69) is 28.1 Å². The summed E-state index contributed by atoms with van der Waals surface area (Å²) >= 11 is 0. The molecule has 1 rings (SSSR count). The Hall–Kier alpha value is -0.920. The van der Waals surface area contributed by atoms with Crippen LogP contribution in [-0.4, -0.2) is 92.5 Å². The molecule has 0 aromatic rings. The van der Waals surface area contributed by atoms with Crippen LogP contribution in [0, 0.1) is 0 Å². The molecule has 12 nitrogen and oxygen atoms in total. The van der Waals surface area contributed by atoms with Gasteiger partial charge >= 0.3 is 5.97 Å². The second kappa shape index (κ2) is 20.0. The summed E-state index contributed by atoms with van der Waals surface area (Å²) in [7, 11) is -5.23. The van der Waals surface area contributed by atoms with Crippen LogP contribution < -0.4 is 4.89 Å². The molecular formula is C26H48O12P-. The first kappa shape index (κ1) is 36.1. The van der Waals surface area contributed by atoms with E-state index in [1.165, 1.54) is 25.7 Å². The van der Waals surface area contributed by atoms with Crippen molar-refractivity contribution >= 4 is 13.8 Å². The second-order valence-electron chi connectivity index (χ2n) is 10.1. The van der Waals surface area contributed by atoms with Gasteiger partial charge in [-0.3, -0.25) is 9.36 Å². The Labute approximate surface area is 231 Å². The van der Waals surface area contributed by atoms with Crippen LogP contribution in [0.1, 0.15) is 90.4 Å². The van der Waals surface area contributed by atoms with Gasteiger partial charge in [-0.25, -0.2) is 0 Å². The van der Waals surface area contributed by atoms with Crippen LogP contribution in [0.5, 0.6) is 0 Å². The zero-order valence-electron chi connectivity index (χ0n) is 22.9. The zero-order valence-corrected chi connectivity index (χ0v) is 23.8. The largest absolute Gasteiger partial charge is 0.756 e. The molecule has 0 saturated heterocycles. The number of carbonyl (C=O) groups excluding carboxylic acids is 1. The molecule has 39 heavy (non-hydrogen) atoms. The second-order valence-corrected chi connectivity index (χ2v) is 11.4. The van der Waals surface area contributed by atoms with Crippen molar-refractivity contribution in [3.63, 3.8) is 0 Å². The van der Waals surface area contributed by atoms with Crippen LogP contribution in [0.3, 0.4) is 0 Å². The highest BCUT2D eigenvalue weighted by Crippen LogP contribution is 2.43. The van der Waals surface area contributed by atoms with Gasteiger partial charge in [0.05, 0.1) is 6.61 Å². The molecule has 1 aliphatic carbocycles. The monoisotopic (exact) mass is 583 g/mol. The van der Waals surface area contributed by atoms with E-state index < -0.39 is 69.7 Å². The maximum absolute atomic E-state index is 12.0. The van der Waals surface area contributed by atoms with E-state index in [4.69, 9.17) is 4.74 Å². The lowest BCUT2D eigenvalue weighted by atomic mass is 9.85. The van der Waals surface area contributed by atoms with Gasteiger partial charge in [-0.2, -0.15) is 0 Å². The van der Waals surface area contributed by atoms with Crippen LogP contribution >= 0.6 is 7.82 Å². The van der Waals surface area contributed by atoms with E-state index in [0.717, 1.165) is 44.9 Å². The van der Waals surface area contributed by atoms with Gasteiger partial charge in [0.15, 0.2) is 0 Å². The molecule has 0 radical (unpaired) electrons. The first-order chi connectivity index (χ1) is 18.5. The summed E-state index contributed by atoms with van der Waals surface area (Å²) in [5.74, 6) is -0.533. The minimum Gasteiger partial charge on any atom is -0.756 e. The van der Waals surface area contributed by atoms with Crippen molar-refractivity contribution in [2.75, 3.05) is 13.2 Å². The van der Waals surface area contributed by atoms with E-state index in [9.17, 15) is 44.9 Å². The molecule has 1 aliphatic rings. The Kier molecular flexibility index (Phi) is 18.6. The van der Waals surface area contributed by atoms with Gasteiger partial charge < -0.3 is 49.3 Å². The molecule has 13 heteroatoms. The zero-order chi connectivity index (χ0) is 29.3. The first-order valence-corrected chi connectivity index (χ1v) is 15.5. The number of esters is 1. The molecular weight excluding hydrogens is 535 g/mol. The highest BCUT2D eigenvalue weighted by atomic mass is 31.2. The van der Waals surface area contributed by atoms with Crippen LogP contribution in [0.25, 0.3) is 0 Å². The topological polar surface area (TPSA) is 206 Å². The van der Waals surface area contributed by atoms with Crippen molar-refractivity contribution in [1.29, 1.82) is 0 Å². The van der Waals surface area contributed by atoms with Crippen LogP contribution in [0.15, 0.2) is 12.2 Å². The van der Waals surface area contributed by atoms with Gasteiger partial charge in [0, 0.05) is 6.42 Å². The lowest BCUT2D eigenvalue weighted by molar-refractivity contribution is -0.261. The molecule has 0 bridgehead atoms. The molecule has 0 spiro atoms. The summed E-state index contributed by atoms with van der Waals surface area (Å²) in [4.78, 5) is 23.8. The van der Waals surface area contributed by atoms with Crippen molar-refractivity contribution in [2.45, 2.75) is 133 Å². The predicted octanol–water partition coefficient (Wildman–Crippen LogP) is 1.23. The highest BCUT2D eigenvalue weighted by molar-refractivity contribution is 7.45. The van der Waals surface area contributed by atoms with E-state index in [-0.39, 0.29) is 6.42 Å². The standard InChI is InChI=1S/C26H49O12P/c1-2-3-4-5-6-7-8-9-10-11-12-13-14-15-16-20(28)36-17-19(27)18-37-39(34,35)38-26-24(32)22(30)21(29)23(31)25(26)33/h7-8,19,21-27,29-33H,2-6,9-18H2,1H3,(H,34,35)/p-1/b8-7-/t19-,21?,22-,23?,24?,25?,26?/m1/s1. The van der Waals surface area contributed by atoms with Crippen molar-refractivity contribution in [3.05, 3.63) is 12.2 Å². The summed E-state index contributed by atoms with van der Waals surface area (Å²) in [6.45, 7) is 0.860. The quantitative estimate of drug-likeness (QED) is 0.0488. The average Bonchev–Trinajstić information content (AvgIpc) is 2.91. The summed E-state index contributed by atoms with van der Waals surface area (Å²) in [5, 5.41) is 58.4. The Morgan fingerprint density at radius 2 is 1.28 bits per heavy atom. The van der Waals surface area contributed by atoms with E-state index in [1.54, 1.807) is 0 Å². The SMILES string of the molecule is CCCCCC/C=C\CCCCCCCCC(=O)OC[C@@H](O)COP(=O)([O-])OC1C(O)C(O)C(O)[C@@H](O)C1O. The van der Waals surface area contributed by atoms with Gasteiger partial charge in [0.2, 0.25) is 0 Å². The van der Waals surface area contributed by atoms with Crippen LogP contribution in [-0.2, 0) is 23.1 Å². The van der Waals surface area contributed by atoms with Gasteiger partial charge in [-0.05, 0) is 32.1 Å². The van der Waals surface area contributed by atoms with Crippen molar-refractivity contribution in [3.8, 4) is 0 Å². The highest BCUT2D eigenvalue weighted by Gasteiger charge is 2.50. The molecule has 6 unspecified atom stereocenters. The molecule has 0 amide bonds. The lowest BCUT2D eigenvalue weighted by Crippen LogP contribution is -2.64. The number of hydrogen-bond acceptors (Lipinski definition) is 12. The van der Waals surface area contributed by atoms with E-state index in [0.29, 0.717) is 6.42 Å². The number of hydrogen-bond donors (Lipinski definition) is 6. The average molecular weight is 584 g/mol. The van der Waals surface area contributed by atoms with E-state index >= 15 is 0 Å². The number of rotatable bonds is 21. The van der Waals surface area contributed by atoms with Gasteiger partial charge in [-0.15, -0.1) is 0 Å². The maximum Gasteiger partial charge on any atom is 0.305 e. The molecule has 1 saturated carbocycles. The van der Waals surface area contributed by atoms with Gasteiger partial charge in [0.25, 0.3) is 7.82 Å². The molecule has 8 atom stereocenters. The minimum atomic E-state index is -5.23. The molecule has 6 N–H and O–H groups in total. The molecule has 1 fully saturated rings. The third-order valence-corrected chi connectivity index (χ3v) is 7.55. The molecule has 0 aliphatic heterocycles. The van der Waals surface area contributed by atoms with Gasteiger partial charge in [-0.1, -0.05) is 64.0 Å². The van der Waals surface area contributed by atoms with Crippen molar-refractivity contribution < 1.29 is 58.7 Å². The number of phosphoric ester groups is 1. The molecule has 0 heterocycles. The molecule has 230 valence electrons. The summed E-state index contributed by atoms with van der Waals surface area (Å²) in [5.41, 5.74) is 0. The fraction of sp³-hybridized carbons (Fsp3) is 0.885. The number of aliphatic hydroxyl groups is 6. The fourth-order valence-corrected chi connectivity index (χ4v) is 5.11.